The van der Waals surface area contributed by atoms with Gasteiger partial charge in [0.25, 0.3) is 0 Å². The highest BCUT2D eigenvalue weighted by atomic mass is 16.8. The Morgan fingerprint density at radius 2 is 1.05 bits per heavy atom. The Morgan fingerprint density at radius 1 is 0.523 bits per heavy atom. The number of carbonyl (C=O) groups is 1. The Labute approximate surface area is 509 Å². The van der Waals surface area contributed by atoms with E-state index in [2.05, 4.69) is 33.8 Å². The zero-order valence-corrected chi connectivity index (χ0v) is 50.6. The van der Waals surface area contributed by atoms with Gasteiger partial charge in [-0.15, -0.1) is 0 Å². The van der Waals surface area contributed by atoms with Crippen LogP contribution in [-0.4, -0.2) is 297 Å². The van der Waals surface area contributed by atoms with Crippen molar-refractivity contribution in [3.05, 3.63) is 11.6 Å². The highest BCUT2D eigenvalue weighted by Crippen LogP contribution is 2.76. The summed E-state index contributed by atoms with van der Waals surface area (Å²) in [4.78, 5) is 12.6. The molecule has 10 rings (SSSR count). The fourth-order valence-corrected chi connectivity index (χ4v) is 17.9. The van der Waals surface area contributed by atoms with E-state index in [-0.39, 0.29) is 36.2 Å². The van der Waals surface area contributed by atoms with Crippen molar-refractivity contribution in [2.45, 2.75) is 266 Å². The predicted molar refractivity (Wildman–Crippen MR) is 293 cm³/mol. The largest absolute Gasteiger partial charge is 0.479 e. The van der Waals surface area contributed by atoms with Crippen LogP contribution in [0.25, 0.3) is 0 Å². The van der Waals surface area contributed by atoms with Gasteiger partial charge in [-0.3, -0.25) is 0 Å². The van der Waals surface area contributed by atoms with E-state index < -0.39 is 225 Å². The van der Waals surface area contributed by atoms with E-state index in [1.165, 1.54) is 5.57 Å². The topological polar surface area (TPSA) is 474 Å². The van der Waals surface area contributed by atoms with Crippen LogP contribution in [0, 0.1) is 50.2 Å². The van der Waals surface area contributed by atoms with E-state index >= 15 is 0 Å². The van der Waals surface area contributed by atoms with Gasteiger partial charge in [0.05, 0.1) is 51.3 Å². The molecule has 35 unspecified atom stereocenters. The Morgan fingerprint density at radius 3 is 1.60 bits per heavy atom. The molecule has 5 aliphatic heterocycles. The summed E-state index contributed by atoms with van der Waals surface area (Å²) in [5.74, 6) is -2.05. The molecule has 88 heavy (non-hydrogen) atoms. The molecule has 5 heterocycles. The van der Waals surface area contributed by atoms with Gasteiger partial charge in [0.15, 0.2) is 37.6 Å². The van der Waals surface area contributed by atoms with E-state index in [0.29, 0.717) is 44.9 Å². The molecule has 0 radical (unpaired) electrons. The summed E-state index contributed by atoms with van der Waals surface area (Å²) in [5, 5.41) is 196. The van der Waals surface area contributed by atoms with Crippen molar-refractivity contribution in [1.82, 2.24) is 0 Å². The van der Waals surface area contributed by atoms with Gasteiger partial charge in [-0.1, -0.05) is 60.1 Å². The van der Waals surface area contributed by atoms with E-state index in [1.807, 2.05) is 20.8 Å². The molecule has 0 amide bonds. The van der Waals surface area contributed by atoms with Gasteiger partial charge in [0.2, 0.25) is 0 Å². The average molecular weight is 1270 g/mol. The summed E-state index contributed by atoms with van der Waals surface area (Å²) in [6.45, 7) is 11.5. The van der Waals surface area contributed by atoms with Crippen LogP contribution in [0.2, 0.25) is 0 Å². The van der Waals surface area contributed by atoms with Gasteiger partial charge in [0, 0.05) is 10.8 Å². The molecule has 29 nitrogen and oxygen atoms in total. The fourth-order valence-electron chi connectivity index (χ4n) is 17.9. The van der Waals surface area contributed by atoms with Crippen LogP contribution >= 0.6 is 0 Å². The van der Waals surface area contributed by atoms with Crippen LogP contribution in [0.15, 0.2) is 11.6 Å². The second kappa shape index (κ2) is 25.4. The maximum absolute atomic E-state index is 12.6. The first-order chi connectivity index (χ1) is 41.2. The summed E-state index contributed by atoms with van der Waals surface area (Å²) in [6.07, 6.45) is -39.2. The Hall–Kier alpha value is -1.87. The molecule has 4 saturated carbocycles. The molecule has 0 aromatic rings. The van der Waals surface area contributed by atoms with Crippen molar-refractivity contribution >= 4 is 5.97 Å². The minimum Gasteiger partial charge on any atom is -0.479 e. The second-order valence-corrected chi connectivity index (χ2v) is 28.8. The molecule has 506 valence electrons. The zero-order chi connectivity index (χ0) is 64.4. The molecule has 5 aliphatic carbocycles. The van der Waals surface area contributed by atoms with Crippen LogP contribution in [0.5, 0.6) is 0 Å². The molecule has 5 saturated heterocycles. The van der Waals surface area contributed by atoms with Crippen molar-refractivity contribution in [1.29, 1.82) is 0 Å². The van der Waals surface area contributed by atoms with E-state index in [9.17, 15) is 96.7 Å². The standard InChI is InChI=1S/C59H96O29/c1-54(2)16-23-22-8-9-29-56(4)12-11-30(83-53-45(38(72)37(71)43(85-53)48(77)78)87-52-44(36(70)33(67)27(19-62)82-52)86-51-40(74)35(69)32(66)26(18-61)81-51)57(5,21-63)28(56)10-13-59(29,7)58(22,6)15-14-55(23,3)47(46(54)76)88-49-41(75)42(24(64)20-79-49)84-50-39(73)34(68)31(65)25(17-60)80-50/h8,23-47,49-53,60-76H,9-21H2,1-7H3,(H,77,78). The van der Waals surface area contributed by atoms with E-state index in [0.717, 1.165) is 0 Å². The molecule has 35 atom stereocenters. The first-order valence-electron chi connectivity index (χ1n) is 31.0. The number of rotatable bonds is 15. The number of hydrogen-bond donors (Lipinski definition) is 18. The quantitative estimate of drug-likeness (QED) is 0.0539. The molecule has 10 aliphatic rings. The minimum atomic E-state index is -2.17. The molecule has 9 fully saturated rings. The zero-order valence-electron chi connectivity index (χ0n) is 50.6. The van der Waals surface area contributed by atoms with Gasteiger partial charge in [-0.05, 0) is 90.8 Å². The maximum Gasteiger partial charge on any atom is 0.335 e. The van der Waals surface area contributed by atoms with Crippen molar-refractivity contribution in [3.63, 3.8) is 0 Å². The molecule has 0 bridgehead atoms. The van der Waals surface area contributed by atoms with Gasteiger partial charge in [-0.25, -0.2) is 4.79 Å². The SMILES string of the molecule is CC1(C)CC2C3=CCC4C5(C)CCC(OC6OC(C(=O)O)C(O)C(O)C6OC6OC(CO)C(O)C(O)C6OC6OC(CO)C(O)C(O)C6O)C(C)(CO)C5CCC4(C)C3(C)CCC2(C)C(OC2OCC(O)C(OC3OC(CO)C(O)C(O)C3O)C2O)C1O. The summed E-state index contributed by atoms with van der Waals surface area (Å²) in [7, 11) is 0. The minimum absolute atomic E-state index is 0.0245. The van der Waals surface area contributed by atoms with Gasteiger partial charge in [0.1, 0.15) is 110 Å². The Bertz CT molecular complexity index is 2460. The number of aliphatic hydroxyl groups excluding tert-OH is 17. The molecule has 29 heteroatoms. The molecule has 0 aromatic carbocycles. The average Bonchev–Trinajstić information content (AvgIpc) is 0.677. The Balaban J connectivity index is 0.892. The lowest BCUT2D eigenvalue weighted by Gasteiger charge is -2.72. The van der Waals surface area contributed by atoms with Gasteiger partial charge >= 0.3 is 5.97 Å². The number of ether oxygens (including phenoxy) is 10. The summed E-state index contributed by atoms with van der Waals surface area (Å²) in [6, 6.07) is 0. The van der Waals surface area contributed by atoms with Crippen molar-refractivity contribution in [2.75, 3.05) is 33.0 Å². The lowest BCUT2D eigenvalue weighted by atomic mass is 9.33. The van der Waals surface area contributed by atoms with Gasteiger partial charge < -0.3 is 139 Å². The molecular formula is C59H96O29. The number of carboxylic acids is 1. The number of aliphatic hydroxyl groups is 17. The third-order valence-corrected chi connectivity index (χ3v) is 23.6. The van der Waals surface area contributed by atoms with Crippen LogP contribution in [0.1, 0.15) is 99.8 Å². The van der Waals surface area contributed by atoms with Crippen LogP contribution in [-0.2, 0) is 52.2 Å². The van der Waals surface area contributed by atoms with Crippen molar-refractivity contribution in [2.24, 2.45) is 50.2 Å². The normalized spacial score (nSPS) is 55.5. The monoisotopic (exact) mass is 1270 g/mol. The summed E-state index contributed by atoms with van der Waals surface area (Å²) in [5.41, 5.74) is -2.58. The number of aliphatic carboxylic acids is 1. The molecular weight excluding hydrogens is 1170 g/mol. The van der Waals surface area contributed by atoms with E-state index in [1.54, 1.807) is 0 Å². The Kier molecular flexibility index (Phi) is 19.9. The summed E-state index contributed by atoms with van der Waals surface area (Å²) < 4.78 is 60.2. The second-order valence-electron chi connectivity index (χ2n) is 28.8. The van der Waals surface area contributed by atoms with Crippen molar-refractivity contribution < 1.29 is 144 Å². The van der Waals surface area contributed by atoms with E-state index in [4.69, 9.17) is 47.4 Å². The number of fused-ring (bicyclic) bond motifs is 7. The highest BCUT2D eigenvalue weighted by Gasteiger charge is 2.71. The molecule has 18 N–H and O–H groups in total. The smallest absolute Gasteiger partial charge is 0.335 e. The third-order valence-electron chi connectivity index (χ3n) is 23.6. The lowest BCUT2D eigenvalue weighted by Crippen LogP contribution is -2.69. The first kappa shape index (κ1) is 69.0. The van der Waals surface area contributed by atoms with Crippen LogP contribution in [0.3, 0.4) is 0 Å². The fraction of sp³-hybridized carbons (Fsp3) is 0.949. The maximum atomic E-state index is 12.6. The highest BCUT2D eigenvalue weighted by molar-refractivity contribution is 5.73. The summed E-state index contributed by atoms with van der Waals surface area (Å²) >= 11 is 0. The number of carboxylic acid groups (broad SMARTS) is 1. The van der Waals surface area contributed by atoms with Crippen LogP contribution < -0.4 is 0 Å². The third kappa shape index (κ3) is 11.2. The first-order valence-corrected chi connectivity index (χ1v) is 31.0. The lowest BCUT2D eigenvalue weighted by molar-refractivity contribution is -0.397. The van der Waals surface area contributed by atoms with Crippen LogP contribution in [0.4, 0.5) is 0 Å². The number of allylic oxidation sites excluding steroid dienone is 2. The molecule has 0 aromatic heterocycles. The molecule has 0 spiro atoms. The van der Waals surface area contributed by atoms with Gasteiger partial charge in [-0.2, -0.15) is 0 Å². The number of hydrogen-bond acceptors (Lipinski definition) is 28. The predicted octanol–water partition coefficient (Wildman–Crippen LogP) is -5.06. The van der Waals surface area contributed by atoms with Crippen molar-refractivity contribution in [3.8, 4) is 0 Å².